The van der Waals surface area contributed by atoms with Crippen LogP contribution in [-0.4, -0.2) is 22.7 Å². The third kappa shape index (κ3) is 5.04. The maximum atomic E-state index is 12.3. The minimum atomic E-state index is -0.314. The molecule has 1 amide bonds. The van der Waals surface area contributed by atoms with Gasteiger partial charge in [-0.15, -0.1) is 10.2 Å². The Bertz CT molecular complexity index is 876. The number of nitrogens with zero attached hydrogens (tertiary/aromatic N) is 2. The SMILES string of the molecule is CCOc1ccc(NC(=O)c2ccc(Nc3ccc(CC)cc3)nn2)cc1. The molecule has 0 fully saturated rings. The van der Waals surface area contributed by atoms with Crippen LogP contribution in [-0.2, 0) is 6.42 Å². The summed E-state index contributed by atoms with van der Waals surface area (Å²) >= 11 is 0. The number of anilines is 3. The summed E-state index contributed by atoms with van der Waals surface area (Å²) in [6.45, 7) is 4.64. The van der Waals surface area contributed by atoms with Gasteiger partial charge in [-0.2, -0.15) is 0 Å². The molecule has 0 aliphatic heterocycles. The summed E-state index contributed by atoms with van der Waals surface area (Å²) in [6.07, 6.45) is 0.998. The second kappa shape index (κ2) is 8.80. The van der Waals surface area contributed by atoms with Crippen molar-refractivity contribution in [3.8, 4) is 5.75 Å². The van der Waals surface area contributed by atoms with Crippen molar-refractivity contribution in [3.63, 3.8) is 0 Å². The van der Waals surface area contributed by atoms with Gasteiger partial charge in [-0.1, -0.05) is 19.1 Å². The molecule has 0 aliphatic carbocycles. The van der Waals surface area contributed by atoms with Crippen molar-refractivity contribution in [3.05, 3.63) is 71.9 Å². The van der Waals surface area contributed by atoms with Gasteiger partial charge in [0.2, 0.25) is 0 Å². The first-order valence-electron chi connectivity index (χ1n) is 8.92. The van der Waals surface area contributed by atoms with E-state index in [1.165, 1.54) is 5.56 Å². The lowest BCUT2D eigenvalue weighted by atomic mass is 10.1. The zero-order chi connectivity index (χ0) is 19.1. The molecule has 0 saturated carbocycles. The van der Waals surface area contributed by atoms with Crippen LogP contribution in [0.25, 0.3) is 0 Å². The monoisotopic (exact) mass is 362 g/mol. The first-order chi connectivity index (χ1) is 13.2. The Labute approximate surface area is 158 Å². The average Bonchev–Trinajstić information content (AvgIpc) is 2.71. The van der Waals surface area contributed by atoms with Crippen molar-refractivity contribution in [2.45, 2.75) is 20.3 Å². The minimum absolute atomic E-state index is 0.246. The van der Waals surface area contributed by atoms with Gasteiger partial charge in [0.25, 0.3) is 5.91 Å². The number of rotatable bonds is 7. The fraction of sp³-hybridized carbons (Fsp3) is 0.190. The molecule has 0 bridgehead atoms. The highest BCUT2D eigenvalue weighted by Gasteiger charge is 2.09. The maximum Gasteiger partial charge on any atom is 0.276 e. The maximum absolute atomic E-state index is 12.3. The second-order valence-corrected chi connectivity index (χ2v) is 5.89. The highest BCUT2D eigenvalue weighted by atomic mass is 16.5. The highest BCUT2D eigenvalue weighted by Crippen LogP contribution is 2.17. The molecule has 2 aromatic carbocycles. The Morgan fingerprint density at radius 2 is 1.59 bits per heavy atom. The van der Waals surface area contributed by atoms with E-state index in [1.54, 1.807) is 24.3 Å². The predicted octanol–water partition coefficient (Wildman–Crippen LogP) is 4.43. The van der Waals surface area contributed by atoms with E-state index in [0.717, 1.165) is 17.9 Å². The summed E-state index contributed by atoms with van der Waals surface area (Å²) in [5.74, 6) is 1.03. The number of aryl methyl sites for hydroxylation is 1. The lowest BCUT2D eigenvalue weighted by Gasteiger charge is -2.08. The quantitative estimate of drug-likeness (QED) is 0.650. The third-order valence-electron chi connectivity index (χ3n) is 3.95. The molecule has 3 rings (SSSR count). The summed E-state index contributed by atoms with van der Waals surface area (Å²) in [4.78, 5) is 12.3. The molecule has 0 unspecified atom stereocenters. The van der Waals surface area contributed by atoms with Crippen molar-refractivity contribution in [2.75, 3.05) is 17.2 Å². The Hall–Kier alpha value is -3.41. The normalized spacial score (nSPS) is 10.3. The average molecular weight is 362 g/mol. The van der Waals surface area contributed by atoms with Gasteiger partial charge in [0, 0.05) is 11.4 Å². The van der Waals surface area contributed by atoms with Crippen molar-refractivity contribution >= 4 is 23.1 Å². The van der Waals surface area contributed by atoms with Crippen LogP contribution < -0.4 is 15.4 Å². The van der Waals surface area contributed by atoms with Crippen LogP contribution in [0.4, 0.5) is 17.2 Å². The van der Waals surface area contributed by atoms with Gasteiger partial charge in [0.05, 0.1) is 6.61 Å². The van der Waals surface area contributed by atoms with Crippen LogP contribution in [0.1, 0.15) is 29.9 Å². The lowest BCUT2D eigenvalue weighted by Crippen LogP contribution is -2.14. The molecule has 3 aromatic rings. The number of nitrogens with one attached hydrogen (secondary N) is 2. The smallest absolute Gasteiger partial charge is 0.276 e. The topological polar surface area (TPSA) is 76.1 Å². The van der Waals surface area contributed by atoms with E-state index < -0.39 is 0 Å². The zero-order valence-electron chi connectivity index (χ0n) is 15.4. The Balaban J connectivity index is 1.60. The summed E-state index contributed by atoms with van der Waals surface area (Å²) in [5.41, 5.74) is 3.11. The van der Waals surface area contributed by atoms with Crippen LogP contribution in [0.15, 0.2) is 60.7 Å². The predicted molar refractivity (Wildman–Crippen MR) is 107 cm³/mol. The number of carbonyl (C=O) groups is 1. The number of hydrogen-bond donors (Lipinski definition) is 2. The minimum Gasteiger partial charge on any atom is -0.494 e. The number of amides is 1. The van der Waals surface area contributed by atoms with E-state index in [1.807, 2.05) is 31.2 Å². The summed E-state index contributed by atoms with van der Waals surface area (Å²) < 4.78 is 5.38. The van der Waals surface area contributed by atoms with Gasteiger partial charge in [-0.3, -0.25) is 4.79 Å². The van der Waals surface area contributed by atoms with E-state index in [2.05, 4.69) is 39.9 Å². The van der Waals surface area contributed by atoms with E-state index in [-0.39, 0.29) is 11.6 Å². The van der Waals surface area contributed by atoms with Gasteiger partial charge >= 0.3 is 0 Å². The molecular weight excluding hydrogens is 340 g/mol. The van der Waals surface area contributed by atoms with E-state index in [4.69, 9.17) is 4.74 Å². The van der Waals surface area contributed by atoms with E-state index >= 15 is 0 Å². The molecule has 0 atom stereocenters. The number of ether oxygens (including phenoxy) is 1. The number of carbonyl (C=O) groups excluding carboxylic acids is 1. The van der Waals surface area contributed by atoms with Crippen molar-refractivity contribution in [1.29, 1.82) is 0 Å². The fourth-order valence-corrected chi connectivity index (χ4v) is 2.49. The van der Waals surface area contributed by atoms with Crippen LogP contribution in [0.5, 0.6) is 5.75 Å². The van der Waals surface area contributed by atoms with Gasteiger partial charge in [0.15, 0.2) is 11.5 Å². The highest BCUT2D eigenvalue weighted by molar-refractivity contribution is 6.02. The van der Waals surface area contributed by atoms with Crippen LogP contribution in [0, 0.1) is 0 Å². The molecule has 1 aromatic heterocycles. The molecule has 6 heteroatoms. The molecule has 0 radical (unpaired) electrons. The third-order valence-corrected chi connectivity index (χ3v) is 3.95. The van der Waals surface area contributed by atoms with Gasteiger partial charge in [-0.05, 0) is 67.4 Å². The number of benzene rings is 2. The standard InChI is InChI=1S/C21H22N4O2/c1-3-15-5-7-16(8-6-15)22-20-14-13-19(24-25-20)21(26)23-17-9-11-18(12-10-17)27-4-2/h5-14H,3-4H2,1-2H3,(H,22,25)(H,23,26). The fourth-order valence-electron chi connectivity index (χ4n) is 2.49. The zero-order valence-corrected chi connectivity index (χ0v) is 15.4. The van der Waals surface area contributed by atoms with E-state index in [0.29, 0.717) is 18.1 Å². The summed E-state index contributed by atoms with van der Waals surface area (Å²) in [5, 5.41) is 14.0. The van der Waals surface area contributed by atoms with E-state index in [9.17, 15) is 4.79 Å². The molecule has 27 heavy (non-hydrogen) atoms. The summed E-state index contributed by atoms with van der Waals surface area (Å²) in [6, 6.07) is 18.7. The summed E-state index contributed by atoms with van der Waals surface area (Å²) in [7, 11) is 0. The van der Waals surface area contributed by atoms with Crippen LogP contribution >= 0.6 is 0 Å². The first-order valence-corrected chi connectivity index (χ1v) is 8.92. The second-order valence-electron chi connectivity index (χ2n) is 5.89. The van der Waals surface area contributed by atoms with Crippen LogP contribution in [0.2, 0.25) is 0 Å². The molecular formula is C21H22N4O2. The molecule has 0 saturated heterocycles. The van der Waals surface area contributed by atoms with Gasteiger partial charge in [0.1, 0.15) is 5.75 Å². The molecule has 0 spiro atoms. The lowest BCUT2D eigenvalue weighted by molar-refractivity contribution is 0.102. The van der Waals surface area contributed by atoms with Crippen molar-refractivity contribution in [2.24, 2.45) is 0 Å². The van der Waals surface area contributed by atoms with Gasteiger partial charge < -0.3 is 15.4 Å². The molecule has 138 valence electrons. The molecule has 1 heterocycles. The largest absolute Gasteiger partial charge is 0.494 e. The Morgan fingerprint density at radius 3 is 2.19 bits per heavy atom. The van der Waals surface area contributed by atoms with Crippen molar-refractivity contribution in [1.82, 2.24) is 10.2 Å². The molecule has 6 nitrogen and oxygen atoms in total. The number of aromatic nitrogens is 2. The van der Waals surface area contributed by atoms with Crippen molar-refractivity contribution < 1.29 is 9.53 Å². The molecule has 0 aliphatic rings. The first kappa shape index (κ1) is 18.4. The Morgan fingerprint density at radius 1 is 0.889 bits per heavy atom. The Kier molecular flexibility index (Phi) is 5.99. The van der Waals surface area contributed by atoms with Crippen LogP contribution in [0.3, 0.4) is 0 Å². The molecule has 2 N–H and O–H groups in total. The number of hydrogen-bond acceptors (Lipinski definition) is 5. The van der Waals surface area contributed by atoms with Gasteiger partial charge in [-0.25, -0.2) is 0 Å².